The third-order valence-corrected chi connectivity index (χ3v) is 2.60. The van der Waals surface area contributed by atoms with Crippen LogP contribution in [0, 0.1) is 0 Å². The van der Waals surface area contributed by atoms with Crippen molar-refractivity contribution in [2.75, 3.05) is 7.11 Å². The molecule has 0 saturated carbocycles. The number of pyridine rings is 3. The maximum Gasteiger partial charge on any atom is 0.0894 e. The molecule has 0 aliphatic carbocycles. The lowest BCUT2D eigenvalue weighted by atomic mass is 10.2. The van der Waals surface area contributed by atoms with Crippen LogP contribution in [0.1, 0.15) is 0 Å². The maximum absolute atomic E-state index is 7.00. The number of aliphatic hydroxyl groups is 1. The predicted molar refractivity (Wildman–Crippen MR) is 78.8 cm³/mol. The Morgan fingerprint density at radius 2 is 1.05 bits per heavy atom. The smallest absolute Gasteiger partial charge is 0.0894 e. The second-order valence-electron chi connectivity index (χ2n) is 3.84. The largest absolute Gasteiger partial charge is 0.400 e. The van der Waals surface area contributed by atoms with Crippen molar-refractivity contribution >= 4 is 0 Å². The van der Waals surface area contributed by atoms with Gasteiger partial charge in [0.05, 0.1) is 22.8 Å². The Hall–Kier alpha value is -2.59. The van der Waals surface area contributed by atoms with Crippen LogP contribution in [0.3, 0.4) is 0 Å². The van der Waals surface area contributed by atoms with E-state index in [1.807, 2.05) is 54.6 Å². The number of nitrogens with zero attached hydrogens (tertiary/aromatic N) is 3. The highest BCUT2D eigenvalue weighted by Gasteiger charge is 2.03. The first-order valence-electron chi connectivity index (χ1n) is 6.18. The molecule has 0 aromatic carbocycles. The summed E-state index contributed by atoms with van der Waals surface area (Å²) < 4.78 is 0. The summed E-state index contributed by atoms with van der Waals surface area (Å²) in [5.41, 5.74) is 3.46. The molecule has 3 aromatic heterocycles. The molecule has 3 aromatic rings. The van der Waals surface area contributed by atoms with E-state index in [2.05, 4.69) is 15.0 Å². The van der Waals surface area contributed by atoms with E-state index >= 15 is 0 Å². The second kappa shape index (κ2) is 7.11. The minimum absolute atomic E-state index is 0.860. The molecular formula is C16H15N3O. The molecule has 1 N–H and O–H groups in total. The van der Waals surface area contributed by atoms with Gasteiger partial charge >= 0.3 is 0 Å². The number of aliphatic hydroxyl groups excluding tert-OH is 1. The van der Waals surface area contributed by atoms with Gasteiger partial charge in [0, 0.05) is 19.5 Å². The molecule has 4 nitrogen and oxygen atoms in total. The average molecular weight is 265 g/mol. The van der Waals surface area contributed by atoms with Crippen LogP contribution in [-0.4, -0.2) is 27.2 Å². The normalized spacial score (nSPS) is 9.50. The summed E-state index contributed by atoms with van der Waals surface area (Å²) in [4.78, 5) is 13.2. The number of hydrogen-bond acceptors (Lipinski definition) is 4. The summed E-state index contributed by atoms with van der Waals surface area (Å²) in [7, 11) is 1.00. The lowest BCUT2D eigenvalue weighted by molar-refractivity contribution is 0.399. The van der Waals surface area contributed by atoms with E-state index in [9.17, 15) is 0 Å². The van der Waals surface area contributed by atoms with Gasteiger partial charge in [0.1, 0.15) is 0 Å². The Morgan fingerprint density at radius 1 is 0.600 bits per heavy atom. The Labute approximate surface area is 117 Å². The molecule has 3 rings (SSSR count). The van der Waals surface area contributed by atoms with Gasteiger partial charge in [-0.1, -0.05) is 18.2 Å². The van der Waals surface area contributed by atoms with E-state index in [4.69, 9.17) is 5.11 Å². The summed E-state index contributed by atoms with van der Waals surface area (Å²) in [5.74, 6) is 0. The van der Waals surface area contributed by atoms with Gasteiger partial charge in [-0.3, -0.25) is 9.97 Å². The van der Waals surface area contributed by atoms with Crippen molar-refractivity contribution in [2.45, 2.75) is 0 Å². The maximum atomic E-state index is 7.00. The van der Waals surface area contributed by atoms with Crippen LogP contribution in [0.5, 0.6) is 0 Å². The zero-order valence-corrected chi connectivity index (χ0v) is 11.1. The van der Waals surface area contributed by atoms with Gasteiger partial charge in [-0.25, -0.2) is 4.98 Å². The molecule has 4 heteroatoms. The van der Waals surface area contributed by atoms with Gasteiger partial charge in [0.2, 0.25) is 0 Å². The number of aromatic nitrogens is 3. The summed E-state index contributed by atoms with van der Waals surface area (Å²) >= 11 is 0. The molecule has 20 heavy (non-hydrogen) atoms. The van der Waals surface area contributed by atoms with Crippen LogP contribution >= 0.6 is 0 Å². The Kier molecular flexibility index (Phi) is 4.92. The van der Waals surface area contributed by atoms with E-state index < -0.39 is 0 Å². The second-order valence-corrected chi connectivity index (χ2v) is 3.84. The standard InChI is InChI=1S/C15H11N3.CH4O/c1-3-10-16-12(6-1)14-8-5-9-15(18-14)13-7-2-4-11-17-13;1-2/h1-11H;2H,1H3. The molecule has 0 saturated heterocycles. The zero-order chi connectivity index (χ0) is 14.2. The minimum Gasteiger partial charge on any atom is -0.400 e. The number of rotatable bonds is 2. The van der Waals surface area contributed by atoms with Crippen LogP contribution in [0.25, 0.3) is 22.8 Å². The van der Waals surface area contributed by atoms with Gasteiger partial charge in [0.25, 0.3) is 0 Å². The predicted octanol–water partition coefficient (Wildman–Crippen LogP) is 2.81. The van der Waals surface area contributed by atoms with Gasteiger partial charge in [0.15, 0.2) is 0 Å². The first-order chi connectivity index (χ1) is 9.93. The molecule has 3 heterocycles. The molecule has 0 aliphatic rings. The summed E-state index contributed by atoms with van der Waals surface area (Å²) in [6.45, 7) is 0. The lowest BCUT2D eigenvalue weighted by Crippen LogP contribution is -1.90. The van der Waals surface area contributed by atoms with Gasteiger partial charge in [-0.05, 0) is 36.4 Å². The van der Waals surface area contributed by atoms with Crippen molar-refractivity contribution in [1.29, 1.82) is 0 Å². The lowest BCUT2D eigenvalue weighted by Gasteiger charge is -2.03. The van der Waals surface area contributed by atoms with Crippen LogP contribution in [0.2, 0.25) is 0 Å². The fourth-order valence-electron chi connectivity index (χ4n) is 1.75. The van der Waals surface area contributed by atoms with E-state index in [-0.39, 0.29) is 0 Å². The third-order valence-electron chi connectivity index (χ3n) is 2.60. The van der Waals surface area contributed by atoms with Crippen LogP contribution in [0.4, 0.5) is 0 Å². The molecule has 0 unspecified atom stereocenters. The van der Waals surface area contributed by atoms with Crippen molar-refractivity contribution in [3.8, 4) is 22.8 Å². The van der Waals surface area contributed by atoms with Gasteiger partial charge < -0.3 is 5.11 Å². The van der Waals surface area contributed by atoms with E-state index in [0.717, 1.165) is 29.9 Å². The average Bonchev–Trinajstić information content (AvgIpc) is 2.58. The highest BCUT2D eigenvalue weighted by atomic mass is 16.2. The van der Waals surface area contributed by atoms with Crippen molar-refractivity contribution in [3.63, 3.8) is 0 Å². The monoisotopic (exact) mass is 265 g/mol. The summed E-state index contributed by atoms with van der Waals surface area (Å²) in [6, 6.07) is 17.5. The fourth-order valence-corrected chi connectivity index (χ4v) is 1.75. The summed E-state index contributed by atoms with van der Waals surface area (Å²) in [6.07, 6.45) is 3.54. The van der Waals surface area contributed by atoms with E-state index in [1.54, 1.807) is 12.4 Å². The summed E-state index contributed by atoms with van der Waals surface area (Å²) in [5, 5.41) is 7.00. The molecule has 0 amide bonds. The number of hydrogen-bond donors (Lipinski definition) is 1. The fraction of sp³-hybridized carbons (Fsp3) is 0.0625. The molecule has 0 atom stereocenters. The topological polar surface area (TPSA) is 58.9 Å². The van der Waals surface area contributed by atoms with E-state index in [0.29, 0.717) is 0 Å². The highest BCUT2D eigenvalue weighted by molar-refractivity contribution is 5.61. The molecular weight excluding hydrogens is 250 g/mol. The Morgan fingerprint density at radius 3 is 1.45 bits per heavy atom. The first kappa shape index (κ1) is 13.8. The molecule has 0 radical (unpaired) electrons. The van der Waals surface area contributed by atoms with Crippen molar-refractivity contribution in [3.05, 3.63) is 67.0 Å². The van der Waals surface area contributed by atoms with E-state index in [1.165, 1.54) is 0 Å². The Bertz CT molecular complexity index is 587. The molecule has 0 aliphatic heterocycles. The van der Waals surface area contributed by atoms with Crippen LogP contribution < -0.4 is 0 Å². The molecule has 0 fully saturated rings. The van der Waals surface area contributed by atoms with Gasteiger partial charge in [-0.2, -0.15) is 0 Å². The molecule has 0 bridgehead atoms. The van der Waals surface area contributed by atoms with Crippen molar-refractivity contribution in [2.24, 2.45) is 0 Å². The molecule has 0 spiro atoms. The van der Waals surface area contributed by atoms with Crippen LogP contribution in [-0.2, 0) is 0 Å². The SMILES string of the molecule is CO.c1ccc(-c2cccc(-c3ccccn3)n2)nc1. The molecule has 100 valence electrons. The zero-order valence-electron chi connectivity index (χ0n) is 11.1. The van der Waals surface area contributed by atoms with Gasteiger partial charge in [-0.15, -0.1) is 0 Å². The highest BCUT2D eigenvalue weighted by Crippen LogP contribution is 2.19. The minimum atomic E-state index is 0.860. The Balaban J connectivity index is 0.000000704. The van der Waals surface area contributed by atoms with Crippen molar-refractivity contribution in [1.82, 2.24) is 15.0 Å². The quantitative estimate of drug-likeness (QED) is 0.774. The van der Waals surface area contributed by atoms with Crippen molar-refractivity contribution < 1.29 is 5.11 Å². The third kappa shape index (κ3) is 3.24. The van der Waals surface area contributed by atoms with Crippen LogP contribution in [0.15, 0.2) is 67.0 Å². The first-order valence-corrected chi connectivity index (χ1v) is 6.18.